The Balaban J connectivity index is 1.75. The van der Waals surface area contributed by atoms with Gasteiger partial charge in [-0.3, -0.25) is 4.90 Å². The third-order valence-corrected chi connectivity index (χ3v) is 5.28. The Morgan fingerprint density at radius 2 is 1.80 bits per heavy atom. The van der Waals surface area contributed by atoms with E-state index in [9.17, 15) is 0 Å². The lowest BCUT2D eigenvalue weighted by Gasteiger charge is -2.48. The van der Waals surface area contributed by atoms with Crippen LogP contribution in [0.15, 0.2) is 24.3 Å². The van der Waals surface area contributed by atoms with Gasteiger partial charge in [0, 0.05) is 31.2 Å². The Morgan fingerprint density at radius 3 is 2.45 bits per heavy atom. The molecule has 2 aliphatic rings. The predicted molar refractivity (Wildman–Crippen MR) is 84.9 cm³/mol. The predicted octanol–water partition coefficient (Wildman–Crippen LogP) is 3.36. The molecule has 1 unspecified atom stereocenters. The number of nitrogens with zero attached hydrogens (tertiary/aromatic N) is 1. The Labute approximate surface area is 123 Å². The number of piperazine rings is 1. The Morgan fingerprint density at radius 1 is 1.15 bits per heavy atom. The van der Waals surface area contributed by atoms with E-state index in [1.807, 2.05) is 0 Å². The van der Waals surface area contributed by atoms with E-state index in [-0.39, 0.29) is 0 Å². The molecule has 2 heteroatoms. The fourth-order valence-corrected chi connectivity index (χ4v) is 3.92. The van der Waals surface area contributed by atoms with Gasteiger partial charge in [0.1, 0.15) is 0 Å². The average Bonchev–Trinajstić information content (AvgIpc) is 2.94. The van der Waals surface area contributed by atoms with E-state index in [0.29, 0.717) is 11.6 Å². The molecule has 1 spiro atoms. The van der Waals surface area contributed by atoms with E-state index < -0.39 is 0 Å². The van der Waals surface area contributed by atoms with Gasteiger partial charge in [-0.1, -0.05) is 44.0 Å². The molecule has 110 valence electrons. The third-order valence-electron chi connectivity index (χ3n) is 5.28. The molecular weight excluding hydrogens is 244 g/mol. The zero-order valence-electron chi connectivity index (χ0n) is 13.0. The molecule has 2 nitrogen and oxygen atoms in total. The largest absolute Gasteiger partial charge is 0.311 e. The number of benzene rings is 1. The van der Waals surface area contributed by atoms with Crippen molar-refractivity contribution in [2.75, 3.05) is 13.1 Å². The Hall–Kier alpha value is -0.860. The van der Waals surface area contributed by atoms with Crippen molar-refractivity contribution in [3.8, 4) is 0 Å². The standard InChI is InChI=1S/C18H28N2/c1-3-16-6-8-17(9-7-16)13-20-12-15(2)19-14-18(20)10-4-5-11-18/h6-9,15,19H,3-5,10-14H2,1-2H3. The van der Waals surface area contributed by atoms with Crippen LogP contribution in [0.3, 0.4) is 0 Å². The summed E-state index contributed by atoms with van der Waals surface area (Å²) in [5, 5.41) is 3.71. The van der Waals surface area contributed by atoms with Gasteiger partial charge in [-0.25, -0.2) is 0 Å². The average molecular weight is 272 g/mol. The topological polar surface area (TPSA) is 15.3 Å². The molecule has 1 N–H and O–H groups in total. The smallest absolute Gasteiger partial charge is 0.0338 e. The summed E-state index contributed by atoms with van der Waals surface area (Å²) in [5.41, 5.74) is 3.36. The van der Waals surface area contributed by atoms with Crippen molar-refractivity contribution >= 4 is 0 Å². The molecule has 3 rings (SSSR count). The van der Waals surface area contributed by atoms with Gasteiger partial charge in [-0.2, -0.15) is 0 Å². The highest BCUT2D eigenvalue weighted by atomic mass is 15.3. The van der Waals surface area contributed by atoms with Gasteiger partial charge in [0.15, 0.2) is 0 Å². The first-order chi connectivity index (χ1) is 9.72. The second kappa shape index (κ2) is 5.87. The minimum absolute atomic E-state index is 0.440. The minimum Gasteiger partial charge on any atom is -0.311 e. The highest BCUT2D eigenvalue weighted by Gasteiger charge is 2.42. The lowest BCUT2D eigenvalue weighted by Crippen LogP contribution is -2.62. The van der Waals surface area contributed by atoms with Crippen molar-refractivity contribution in [2.24, 2.45) is 0 Å². The SMILES string of the molecule is CCc1ccc(CN2CC(C)NCC23CCCC3)cc1. The zero-order valence-corrected chi connectivity index (χ0v) is 13.0. The first-order valence-corrected chi connectivity index (χ1v) is 8.28. The molecule has 1 saturated heterocycles. The molecule has 1 saturated carbocycles. The molecule has 0 aromatic heterocycles. The van der Waals surface area contributed by atoms with E-state index in [1.165, 1.54) is 49.9 Å². The van der Waals surface area contributed by atoms with E-state index in [2.05, 4.69) is 48.3 Å². The monoisotopic (exact) mass is 272 g/mol. The quantitative estimate of drug-likeness (QED) is 0.907. The van der Waals surface area contributed by atoms with Crippen molar-refractivity contribution in [3.05, 3.63) is 35.4 Å². The highest BCUT2D eigenvalue weighted by molar-refractivity contribution is 5.23. The molecule has 1 aromatic carbocycles. The minimum atomic E-state index is 0.440. The van der Waals surface area contributed by atoms with Crippen LogP contribution in [0.4, 0.5) is 0 Å². The molecule has 0 amide bonds. The summed E-state index contributed by atoms with van der Waals surface area (Å²) in [5.74, 6) is 0. The summed E-state index contributed by atoms with van der Waals surface area (Å²) in [4.78, 5) is 2.77. The molecule has 20 heavy (non-hydrogen) atoms. The molecule has 1 atom stereocenters. The molecule has 1 aliphatic carbocycles. The van der Waals surface area contributed by atoms with Crippen LogP contribution in [0.1, 0.15) is 50.7 Å². The van der Waals surface area contributed by atoms with Crippen molar-refractivity contribution < 1.29 is 0 Å². The maximum Gasteiger partial charge on any atom is 0.0338 e. The maximum atomic E-state index is 3.71. The molecule has 1 aromatic rings. The summed E-state index contributed by atoms with van der Waals surface area (Å²) in [6.07, 6.45) is 6.69. The summed E-state index contributed by atoms with van der Waals surface area (Å²) < 4.78 is 0. The van der Waals surface area contributed by atoms with Crippen LogP contribution in [0.2, 0.25) is 0 Å². The molecule has 0 radical (unpaired) electrons. The Bertz CT molecular complexity index is 431. The van der Waals surface area contributed by atoms with Crippen molar-refractivity contribution in [2.45, 2.75) is 64.1 Å². The van der Waals surface area contributed by atoms with Crippen LogP contribution in [0.5, 0.6) is 0 Å². The fourth-order valence-electron chi connectivity index (χ4n) is 3.92. The number of nitrogens with one attached hydrogen (secondary N) is 1. The van der Waals surface area contributed by atoms with Crippen molar-refractivity contribution in [1.82, 2.24) is 10.2 Å². The normalized spacial score (nSPS) is 26.2. The number of aryl methyl sites for hydroxylation is 1. The highest BCUT2D eigenvalue weighted by Crippen LogP contribution is 2.37. The molecule has 0 bridgehead atoms. The lowest BCUT2D eigenvalue weighted by molar-refractivity contribution is 0.0393. The van der Waals surface area contributed by atoms with Gasteiger partial charge < -0.3 is 5.32 Å². The van der Waals surface area contributed by atoms with Crippen LogP contribution in [-0.2, 0) is 13.0 Å². The fraction of sp³-hybridized carbons (Fsp3) is 0.667. The number of hydrogen-bond acceptors (Lipinski definition) is 2. The van der Waals surface area contributed by atoms with Gasteiger partial charge in [0.05, 0.1) is 0 Å². The summed E-state index contributed by atoms with van der Waals surface area (Å²) in [7, 11) is 0. The second-order valence-electron chi connectivity index (χ2n) is 6.76. The molecule has 2 fully saturated rings. The molecule has 1 aliphatic heterocycles. The van der Waals surface area contributed by atoms with E-state index in [0.717, 1.165) is 13.0 Å². The maximum absolute atomic E-state index is 3.71. The number of rotatable bonds is 3. The van der Waals surface area contributed by atoms with Crippen LogP contribution in [0.25, 0.3) is 0 Å². The van der Waals surface area contributed by atoms with Gasteiger partial charge >= 0.3 is 0 Å². The third kappa shape index (κ3) is 2.77. The molecule has 1 heterocycles. The zero-order chi connectivity index (χ0) is 14.0. The first kappa shape index (κ1) is 14.1. The van der Waals surface area contributed by atoms with Crippen LogP contribution in [-0.4, -0.2) is 29.6 Å². The lowest BCUT2D eigenvalue weighted by atomic mass is 9.90. The summed E-state index contributed by atoms with van der Waals surface area (Å²) in [6.45, 7) is 8.03. The van der Waals surface area contributed by atoms with E-state index in [4.69, 9.17) is 0 Å². The van der Waals surface area contributed by atoms with Crippen molar-refractivity contribution in [1.29, 1.82) is 0 Å². The van der Waals surface area contributed by atoms with Gasteiger partial charge in [0.25, 0.3) is 0 Å². The van der Waals surface area contributed by atoms with Gasteiger partial charge in [0.2, 0.25) is 0 Å². The summed E-state index contributed by atoms with van der Waals surface area (Å²) in [6, 6.07) is 9.86. The van der Waals surface area contributed by atoms with Gasteiger partial charge in [-0.05, 0) is 37.3 Å². The second-order valence-corrected chi connectivity index (χ2v) is 6.76. The van der Waals surface area contributed by atoms with E-state index in [1.54, 1.807) is 0 Å². The summed E-state index contributed by atoms with van der Waals surface area (Å²) >= 11 is 0. The molecular formula is C18H28N2. The Kier molecular flexibility index (Phi) is 4.13. The van der Waals surface area contributed by atoms with Crippen LogP contribution >= 0.6 is 0 Å². The number of hydrogen-bond donors (Lipinski definition) is 1. The van der Waals surface area contributed by atoms with E-state index >= 15 is 0 Å². The van der Waals surface area contributed by atoms with Crippen LogP contribution in [0, 0.1) is 0 Å². The first-order valence-electron chi connectivity index (χ1n) is 8.28. The van der Waals surface area contributed by atoms with Gasteiger partial charge in [-0.15, -0.1) is 0 Å². The van der Waals surface area contributed by atoms with Crippen LogP contribution < -0.4 is 5.32 Å². The van der Waals surface area contributed by atoms with Crippen molar-refractivity contribution in [3.63, 3.8) is 0 Å².